The van der Waals surface area contributed by atoms with E-state index in [1.807, 2.05) is 6.07 Å². The molecule has 108 valence electrons. The smallest absolute Gasteiger partial charge is 0.355 e. The Balaban J connectivity index is 2.37. The van der Waals surface area contributed by atoms with Gasteiger partial charge >= 0.3 is 5.97 Å². The number of nitriles is 1. The Kier molecular flexibility index (Phi) is 4.39. The summed E-state index contributed by atoms with van der Waals surface area (Å²) >= 11 is 0. The fraction of sp³-hybridized carbons (Fsp3) is 0.250. The van der Waals surface area contributed by atoms with Gasteiger partial charge in [0, 0.05) is 11.8 Å². The van der Waals surface area contributed by atoms with Crippen LogP contribution >= 0.6 is 0 Å². The van der Waals surface area contributed by atoms with E-state index in [1.165, 1.54) is 18.2 Å². The maximum atomic E-state index is 13.8. The molecule has 0 saturated carbocycles. The van der Waals surface area contributed by atoms with Crippen LogP contribution in [0.1, 0.15) is 34.1 Å². The number of ether oxygens (including phenoxy) is 1. The number of benzene rings is 1. The van der Waals surface area contributed by atoms with E-state index in [1.54, 1.807) is 30.7 Å². The van der Waals surface area contributed by atoms with E-state index >= 15 is 0 Å². The average Bonchev–Trinajstić information content (AvgIpc) is 2.82. The predicted octanol–water partition coefficient (Wildman–Crippen LogP) is 3.03. The highest BCUT2D eigenvalue weighted by atomic mass is 19.1. The molecule has 0 unspecified atom stereocenters. The summed E-state index contributed by atoms with van der Waals surface area (Å²) in [4.78, 5) is 12.0. The number of halogens is 1. The first-order valence-electron chi connectivity index (χ1n) is 6.58. The number of nitrogens with zero attached hydrogens (tertiary/aromatic N) is 2. The molecule has 1 heterocycles. The van der Waals surface area contributed by atoms with Crippen LogP contribution in [0.25, 0.3) is 0 Å². The van der Waals surface area contributed by atoms with E-state index in [2.05, 4.69) is 0 Å². The second-order valence-corrected chi connectivity index (χ2v) is 4.61. The topological polar surface area (TPSA) is 55.0 Å². The van der Waals surface area contributed by atoms with Crippen molar-refractivity contribution in [2.45, 2.75) is 20.4 Å². The SMILES string of the molecule is CCOC(=O)c1c(C)ccn1Cc1cc(C#N)ccc1F. The molecule has 2 aromatic rings. The van der Waals surface area contributed by atoms with Gasteiger partial charge in [-0.3, -0.25) is 0 Å². The van der Waals surface area contributed by atoms with Gasteiger partial charge in [0.05, 0.1) is 24.8 Å². The first kappa shape index (κ1) is 14.8. The predicted molar refractivity (Wildman–Crippen MR) is 75.3 cm³/mol. The minimum absolute atomic E-state index is 0.170. The van der Waals surface area contributed by atoms with Gasteiger partial charge in [-0.05, 0) is 43.7 Å². The molecule has 0 atom stereocenters. The van der Waals surface area contributed by atoms with Crippen LogP contribution in [-0.2, 0) is 11.3 Å². The number of esters is 1. The maximum absolute atomic E-state index is 13.8. The van der Waals surface area contributed by atoms with Crippen LogP contribution in [0.2, 0.25) is 0 Å². The molecule has 1 aromatic carbocycles. The minimum atomic E-state index is -0.433. The molecule has 0 aliphatic carbocycles. The summed E-state index contributed by atoms with van der Waals surface area (Å²) in [6, 6.07) is 7.92. The summed E-state index contributed by atoms with van der Waals surface area (Å²) < 4.78 is 20.5. The minimum Gasteiger partial charge on any atom is -0.461 e. The Hall–Kier alpha value is -2.61. The number of carbonyl (C=O) groups is 1. The van der Waals surface area contributed by atoms with Crippen LogP contribution in [-0.4, -0.2) is 17.1 Å². The summed E-state index contributed by atoms with van der Waals surface area (Å²) in [7, 11) is 0. The summed E-state index contributed by atoms with van der Waals surface area (Å²) in [5, 5.41) is 8.88. The normalized spacial score (nSPS) is 10.2. The van der Waals surface area contributed by atoms with Crippen molar-refractivity contribution in [3.8, 4) is 6.07 Å². The highest BCUT2D eigenvalue weighted by Crippen LogP contribution is 2.17. The zero-order chi connectivity index (χ0) is 15.4. The van der Waals surface area contributed by atoms with Crippen molar-refractivity contribution in [2.24, 2.45) is 0 Å². The second-order valence-electron chi connectivity index (χ2n) is 4.61. The maximum Gasteiger partial charge on any atom is 0.355 e. The zero-order valence-electron chi connectivity index (χ0n) is 11.9. The molecule has 21 heavy (non-hydrogen) atoms. The number of hydrogen-bond donors (Lipinski definition) is 0. The number of aryl methyl sites for hydroxylation is 1. The zero-order valence-corrected chi connectivity index (χ0v) is 11.9. The molecule has 0 aliphatic heterocycles. The Labute approximate surface area is 122 Å². The van der Waals surface area contributed by atoms with E-state index in [9.17, 15) is 9.18 Å². The molecule has 0 aliphatic rings. The average molecular weight is 286 g/mol. The van der Waals surface area contributed by atoms with Crippen LogP contribution in [0.15, 0.2) is 30.5 Å². The standard InChI is InChI=1S/C16H15FN2O2/c1-3-21-16(20)15-11(2)6-7-19(15)10-13-8-12(9-18)4-5-14(13)17/h4-8H,3,10H2,1-2H3. The lowest BCUT2D eigenvalue weighted by molar-refractivity contribution is 0.0513. The molecule has 0 bridgehead atoms. The molecule has 0 radical (unpaired) electrons. The molecule has 1 aromatic heterocycles. The summed E-state index contributed by atoms with van der Waals surface area (Å²) in [5.74, 6) is -0.841. The lowest BCUT2D eigenvalue weighted by atomic mass is 10.1. The Morgan fingerprint density at radius 2 is 2.19 bits per heavy atom. The van der Waals surface area contributed by atoms with Crippen molar-refractivity contribution in [1.29, 1.82) is 5.26 Å². The largest absolute Gasteiger partial charge is 0.461 e. The molecule has 0 spiro atoms. The monoisotopic (exact) mass is 286 g/mol. The van der Waals surface area contributed by atoms with Crippen molar-refractivity contribution in [1.82, 2.24) is 4.57 Å². The van der Waals surface area contributed by atoms with Gasteiger partial charge in [0.2, 0.25) is 0 Å². The molecular formula is C16H15FN2O2. The Morgan fingerprint density at radius 3 is 2.86 bits per heavy atom. The molecule has 2 rings (SSSR count). The Bertz CT molecular complexity index is 714. The van der Waals surface area contributed by atoms with Gasteiger partial charge in [-0.25, -0.2) is 9.18 Å². The third-order valence-corrected chi connectivity index (χ3v) is 3.15. The summed E-state index contributed by atoms with van der Waals surface area (Å²) in [5.41, 5.74) is 1.91. The van der Waals surface area contributed by atoms with E-state index < -0.39 is 11.8 Å². The van der Waals surface area contributed by atoms with Gasteiger partial charge in [-0.2, -0.15) is 5.26 Å². The molecule has 0 amide bonds. The van der Waals surface area contributed by atoms with Crippen molar-refractivity contribution >= 4 is 5.97 Å². The van der Waals surface area contributed by atoms with Gasteiger partial charge in [0.1, 0.15) is 11.5 Å². The molecule has 5 heteroatoms. The summed E-state index contributed by atoms with van der Waals surface area (Å²) in [6.07, 6.45) is 1.71. The van der Waals surface area contributed by atoms with Crippen LogP contribution in [0.3, 0.4) is 0 Å². The van der Waals surface area contributed by atoms with Gasteiger partial charge in [0.25, 0.3) is 0 Å². The third kappa shape index (κ3) is 3.11. The van der Waals surface area contributed by atoms with E-state index in [0.29, 0.717) is 16.8 Å². The molecule has 0 N–H and O–H groups in total. The fourth-order valence-electron chi connectivity index (χ4n) is 2.14. The van der Waals surface area contributed by atoms with Crippen molar-refractivity contribution in [3.63, 3.8) is 0 Å². The fourth-order valence-corrected chi connectivity index (χ4v) is 2.14. The molecule has 0 fully saturated rings. The molecule has 0 saturated heterocycles. The van der Waals surface area contributed by atoms with E-state index in [0.717, 1.165) is 5.56 Å². The van der Waals surface area contributed by atoms with Crippen LogP contribution in [0.4, 0.5) is 4.39 Å². The number of hydrogen-bond acceptors (Lipinski definition) is 3. The van der Waals surface area contributed by atoms with E-state index in [4.69, 9.17) is 10.00 Å². The molecular weight excluding hydrogens is 271 g/mol. The highest BCUT2D eigenvalue weighted by molar-refractivity contribution is 5.89. The van der Waals surface area contributed by atoms with Gasteiger partial charge in [-0.1, -0.05) is 0 Å². The van der Waals surface area contributed by atoms with Crippen LogP contribution in [0.5, 0.6) is 0 Å². The second kappa shape index (κ2) is 6.23. The van der Waals surface area contributed by atoms with Crippen molar-refractivity contribution < 1.29 is 13.9 Å². The highest BCUT2D eigenvalue weighted by Gasteiger charge is 2.17. The number of aromatic nitrogens is 1. The van der Waals surface area contributed by atoms with Crippen LogP contribution in [0, 0.1) is 24.1 Å². The lowest BCUT2D eigenvalue weighted by Gasteiger charge is -2.10. The summed E-state index contributed by atoms with van der Waals surface area (Å²) in [6.45, 7) is 3.98. The lowest BCUT2D eigenvalue weighted by Crippen LogP contribution is -2.14. The van der Waals surface area contributed by atoms with Gasteiger partial charge < -0.3 is 9.30 Å². The van der Waals surface area contributed by atoms with Gasteiger partial charge in [0.15, 0.2) is 0 Å². The van der Waals surface area contributed by atoms with E-state index in [-0.39, 0.29) is 13.2 Å². The van der Waals surface area contributed by atoms with Crippen molar-refractivity contribution in [3.05, 3.63) is 58.7 Å². The number of carbonyl (C=O) groups excluding carboxylic acids is 1. The molecule has 4 nitrogen and oxygen atoms in total. The third-order valence-electron chi connectivity index (χ3n) is 3.15. The number of rotatable bonds is 4. The Morgan fingerprint density at radius 1 is 1.43 bits per heavy atom. The van der Waals surface area contributed by atoms with Crippen molar-refractivity contribution in [2.75, 3.05) is 6.61 Å². The van der Waals surface area contributed by atoms with Crippen LogP contribution < -0.4 is 0 Å². The van der Waals surface area contributed by atoms with Gasteiger partial charge in [-0.15, -0.1) is 0 Å². The first-order chi connectivity index (χ1) is 10.1. The first-order valence-corrected chi connectivity index (χ1v) is 6.58. The quantitative estimate of drug-likeness (QED) is 0.812.